The highest BCUT2D eigenvalue weighted by Crippen LogP contribution is 2.42. The van der Waals surface area contributed by atoms with Gasteiger partial charge in [-0.25, -0.2) is 9.78 Å². The van der Waals surface area contributed by atoms with Crippen molar-refractivity contribution in [2.45, 2.75) is 44.6 Å². The highest BCUT2D eigenvalue weighted by Gasteiger charge is 2.48. The first-order valence-corrected chi connectivity index (χ1v) is 15.2. The third-order valence-electron chi connectivity index (χ3n) is 8.56. The van der Waals surface area contributed by atoms with Gasteiger partial charge >= 0.3 is 5.97 Å². The van der Waals surface area contributed by atoms with Crippen LogP contribution in [0, 0.1) is 5.41 Å². The molecule has 0 bridgehead atoms. The minimum atomic E-state index is -0.985. The molecule has 7 heteroatoms. The third kappa shape index (κ3) is 5.56. The number of hydrogen-bond donors (Lipinski definition) is 1. The zero-order valence-electron chi connectivity index (χ0n) is 26.0. The summed E-state index contributed by atoms with van der Waals surface area (Å²) in [6, 6.07) is 38.8. The number of likely N-dealkylation sites (N-methyl/N-ethyl adjacent to an activating group) is 1. The smallest absolute Gasteiger partial charge is 0.338 e. The van der Waals surface area contributed by atoms with E-state index in [9.17, 15) is 9.59 Å². The van der Waals surface area contributed by atoms with Gasteiger partial charge in [0, 0.05) is 13.2 Å². The summed E-state index contributed by atoms with van der Waals surface area (Å²) in [7, 11) is 1.78. The molecule has 45 heavy (non-hydrogen) atoms. The number of ether oxygens (including phenoxy) is 1. The number of nitrogens with zero attached hydrogens (tertiary/aromatic N) is 3. The number of carbonyl (C=O) groups excluding carboxylic acids is 2. The van der Waals surface area contributed by atoms with Crippen LogP contribution in [0.2, 0.25) is 0 Å². The molecule has 0 saturated carbocycles. The fraction of sp³-hybridized carbons (Fsp3) is 0.237. The van der Waals surface area contributed by atoms with Crippen LogP contribution in [0.1, 0.15) is 59.6 Å². The normalized spacial score (nSPS) is 17.7. The first kappa shape index (κ1) is 30.0. The maximum Gasteiger partial charge on any atom is 0.338 e. The molecule has 0 aliphatic carbocycles. The van der Waals surface area contributed by atoms with Gasteiger partial charge in [-0.1, -0.05) is 130 Å². The lowest BCUT2D eigenvalue weighted by atomic mass is 9.77. The Morgan fingerprint density at radius 1 is 0.778 bits per heavy atom. The van der Waals surface area contributed by atoms with Gasteiger partial charge in [0.15, 0.2) is 6.10 Å². The number of esters is 1. The van der Waals surface area contributed by atoms with Crippen LogP contribution in [-0.2, 0) is 15.1 Å². The second kappa shape index (κ2) is 12.2. The van der Waals surface area contributed by atoms with Crippen LogP contribution >= 0.6 is 0 Å². The second-order valence-electron chi connectivity index (χ2n) is 12.6. The maximum atomic E-state index is 13.8. The molecule has 4 aromatic carbocycles. The Morgan fingerprint density at radius 3 is 1.69 bits per heavy atom. The number of carbonyl (C=O) groups is 2. The molecule has 1 N–H and O–H groups in total. The fourth-order valence-electron chi connectivity index (χ4n) is 6.46. The number of nitrogens with one attached hydrogen (secondary N) is 1. The lowest BCUT2D eigenvalue weighted by molar-refractivity contribution is -0.131. The molecule has 228 valence electrons. The molecule has 0 radical (unpaired) electrons. The highest BCUT2D eigenvalue weighted by molar-refractivity contribution is 5.90. The Balaban J connectivity index is 1.52. The van der Waals surface area contributed by atoms with Gasteiger partial charge in [-0.3, -0.25) is 10.1 Å². The van der Waals surface area contributed by atoms with Gasteiger partial charge in [-0.05, 0) is 34.2 Å². The molecule has 1 unspecified atom stereocenters. The van der Waals surface area contributed by atoms with E-state index in [-0.39, 0.29) is 17.5 Å². The summed E-state index contributed by atoms with van der Waals surface area (Å²) in [5.74, 6) is -0.678. The molecule has 1 aliphatic rings. The van der Waals surface area contributed by atoms with Crippen molar-refractivity contribution in [2.24, 2.45) is 5.41 Å². The molecule has 7 nitrogen and oxygen atoms in total. The Labute approximate surface area is 264 Å². The van der Waals surface area contributed by atoms with Crippen molar-refractivity contribution in [2.75, 3.05) is 7.05 Å². The maximum absolute atomic E-state index is 13.8. The second-order valence-corrected chi connectivity index (χ2v) is 12.6. The average Bonchev–Trinajstić information content (AvgIpc) is 3.67. The molecule has 2 heterocycles. The minimum absolute atomic E-state index is 0.157. The zero-order valence-corrected chi connectivity index (χ0v) is 26.0. The van der Waals surface area contributed by atoms with Crippen LogP contribution in [0.15, 0.2) is 134 Å². The first-order valence-electron chi connectivity index (χ1n) is 15.2. The van der Waals surface area contributed by atoms with Crippen molar-refractivity contribution in [3.05, 3.63) is 162 Å². The Bertz CT molecular complexity index is 1650. The predicted molar refractivity (Wildman–Crippen MR) is 174 cm³/mol. The summed E-state index contributed by atoms with van der Waals surface area (Å²) in [6.07, 6.45) is 2.44. The molecule has 5 aromatic rings. The van der Waals surface area contributed by atoms with Gasteiger partial charge in [-0.2, -0.15) is 0 Å². The van der Waals surface area contributed by atoms with Crippen LogP contribution in [-0.4, -0.2) is 45.6 Å². The van der Waals surface area contributed by atoms with E-state index in [2.05, 4.69) is 67.1 Å². The fourth-order valence-corrected chi connectivity index (χ4v) is 6.46. The Kier molecular flexibility index (Phi) is 8.12. The van der Waals surface area contributed by atoms with Crippen LogP contribution in [0.4, 0.5) is 0 Å². The molecule has 1 aromatic heterocycles. The van der Waals surface area contributed by atoms with E-state index in [0.29, 0.717) is 11.3 Å². The Hall–Kier alpha value is -5.01. The van der Waals surface area contributed by atoms with Gasteiger partial charge in [0.2, 0.25) is 5.91 Å². The molecule has 1 fully saturated rings. The predicted octanol–water partition coefficient (Wildman–Crippen LogP) is 6.42. The van der Waals surface area contributed by atoms with Crippen LogP contribution in [0.3, 0.4) is 0 Å². The number of amides is 1. The van der Waals surface area contributed by atoms with Crippen molar-refractivity contribution < 1.29 is 14.3 Å². The first-order chi connectivity index (χ1) is 21.7. The minimum Gasteiger partial charge on any atom is -0.450 e. The standard InChI is InChI=1S/C38H38N4O3/c1-37(2,3)36-40-32(34(43)41(36)4)33(45-35(44)27-17-9-5-10-18-27)31-25-42(26-39-31)38(28-19-11-6-12-20-28,29-21-13-7-14-22-29)30-23-15-8-16-24-30/h5-26,32-33,36,40H,1-4H3/t32?,33-,36-/m1/s1. The van der Waals surface area contributed by atoms with Gasteiger partial charge in [-0.15, -0.1) is 0 Å². The molecule has 3 atom stereocenters. The van der Waals surface area contributed by atoms with E-state index < -0.39 is 23.7 Å². The summed E-state index contributed by atoms with van der Waals surface area (Å²) < 4.78 is 8.27. The third-order valence-corrected chi connectivity index (χ3v) is 8.56. The summed E-state index contributed by atoms with van der Waals surface area (Å²) >= 11 is 0. The van der Waals surface area contributed by atoms with Crippen LogP contribution in [0.25, 0.3) is 0 Å². The quantitative estimate of drug-likeness (QED) is 0.165. The summed E-state index contributed by atoms with van der Waals surface area (Å²) in [6.45, 7) is 6.22. The number of imidazole rings is 1. The zero-order chi connectivity index (χ0) is 31.6. The van der Waals surface area contributed by atoms with Crippen molar-refractivity contribution in [1.82, 2.24) is 19.8 Å². The number of hydrogen-bond acceptors (Lipinski definition) is 5. The lowest BCUT2D eigenvalue weighted by Gasteiger charge is -2.37. The summed E-state index contributed by atoms with van der Waals surface area (Å²) in [4.78, 5) is 33.9. The van der Waals surface area contributed by atoms with Crippen molar-refractivity contribution in [1.29, 1.82) is 0 Å². The van der Waals surface area contributed by atoms with E-state index in [1.165, 1.54) is 0 Å². The van der Waals surface area contributed by atoms with Crippen LogP contribution < -0.4 is 5.32 Å². The largest absolute Gasteiger partial charge is 0.450 e. The molecule has 6 rings (SSSR count). The van der Waals surface area contributed by atoms with E-state index in [4.69, 9.17) is 9.72 Å². The van der Waals surface area contributed by atoms with Crippen molar-refractivity contribution >= 4 is 11.9 Å². The number of benzene rings is 4. The number of aromatic nitrogens is 2. The Morgan fingerprint density at radius 2 is 1.24 bits per heavy atom. The molecule has 1 saturated heterocycles. The highest BCUT2D eigenvalue weighted by atomic mass is 16.5. The average molecular weight is 599 g/mol. The van der Waals surface area contributed by atoms with Gasteiger partial charge < -0.3 is 14.2 Å². The molecule has 1 aliphatic heterocycles. The summed E-state index contributed by atoms with van der Waals surface area (Å²) in [5.41, 5.74) is 2.92. The van der Waals surface area contributed by atoms with E-state index in [0.717, 1.165) is 16.7 Å². The van der Waals surface area contributed by atoms with Gasteiger partial charge in [0.05, 0.1) is 18.1 Å². The molecular formula is C38H38N4O3. The molecule has 1 amide bonds. The van der Waals surface area contributed by atoms with Crippen molar-refractivity contribution in [3.63, 3.8) is 0 Å². The van der Waals surface area contributed by atoms with Gasteiger partial charge in [0.25, 0.3) is 0 Å². The molecular weight excluding hydrogens is 560 g/mol. The van der Waals surface area contributed by atoms with Crippen LogP contribution in [0.5, 0.6) is 0 Å². The monoisotopic (exact) mass is 598 g/mol. The van der Waals surface area contributed by atoms with E-state index in [1.54, 1.807) is 42.5 Å². The topological polar surface area (TPSA) is 76.5 Å². The SMILES string of the molecule is CN1C(=O)C([C@H](OC(=O)c2ccccc2)c2cn(C(c3ccccc3)(c3ccccc3)c3ccccc3)cn2)N[C@H]1C(C)(C)C. The summed E-state index contributed by atoms with van der Waals surface area (Å²) in [5, 5.41) is 3.48. The van der Waals surface area contributed by atoms with E-state index in [1.807, 2.05) is 66.9 Å². The lowest BCUT2D eigenvalue weighted by Crippen LogP contribution is -2.46. The molecule has 0 spiro atoms. The van der Waals surface area contributed by atoms with Crippen molar-refractivity contribution in [3.8, 4) is 0 Å². The number of rotatable bonds is 8. The van der Waals surface area contributed by atoms with E-state index >= 15 is 0 Å². The van der Waals surface area contributed by atoms with Gasteiger partial charge in [0.1, 0.15) is 17.3 Å².